The standard InChI is InChI=1S/C8H11.3C4H10N.Hf/c1-2-5-8-6-3-4-7-8;3*1-3-5-4-2;/h3-4,6-7H,2,5H2,1H3;3*3-4H2,1-2H3;/q4*-1;+4. The topological polar surface area (TPSA) is 42.3 Å². The molecule has 0 heterocycles. The number of rotatable bonds is 8. The van der Waals surface area contributed by atoms with Crippen LogP contribution in [0.15, 0.2) is 24.3 Å². The van der Waals surface area contributed by atoms with Crippen LogP contribution in [0.5, 0.6) is 0 Å². The van der Waals surface area contributed by atoms with Gasteiger partial charge in [0, 0.05) is 0 Å². The summed E-state index contributed by atoms with van der Waals surface area (Å²) < 4.78 is 0. The van der Waals surface area contributed by atoms with Gasteiger partial charge in [-0.2, -0.15) is 57.0 Å². The van der Waals surface area contributed by atoms with Crippen molar-refractivity contribution in [2.45, 2.75) is 61.3 Å². The molecule has 1 rings (SSSR count). The third kappa shape index (κ3) is 38.0. The summed E-state index contributed by atoms with van der Waals surface area (Å²) in [7, 11) is 0. The molecule has 0 saturated heterocycles. The number of hydrogen-bond acceptors (Lipinski definition) is 0. The Kier molecular flexibility index (Phi) is 45.7. The van der Waals surface area contributed by atoms with E-state index in [2.05, 4.69) is 47.1 Å². The molecule has 0 fully saturated rings. The Balaban J connectivity index is -0.000000113. The normalized spacial score (nSPS) is 8.46. The summed E-state index contributed by atoms with van der Waals surface area (Å²) in [4.78, 5) is 0. The number of aryl methyl sites for hydroxylation is 1. The zero-order valence-electron chi connectivity index (χ0n) is 17.3. The van der Waals surface area contributed by atoms with Gasteiger partial charge in [-0.3, -0.25) is 0 Å². The van der Waals surface area contributed by atoms with E-state index in [0.717, 1.165) is 39.3 Å². The SMILES string of the molecule is CCC[c-]1cccc1.CC[N-]CC.CC[N-]CC.CC[N-]CC.[Hf+4]. The zero-order chi connectivity index (χ0) is 18.2. The molecule has 1 aromatic rings. The minimum Gasteiger partial charge on any atom is -0.663 e. The van der Waals surface area contributed by atoms with Gasteiger partial charge in [0.25, 0.3) is 0 Å². The summed E-state index contributed by atoms with van der Waals surface area (Å²) in [5.74, 6) is 0. The van der Waals surface area contributed by atoms with Crippen LogP contribution in [0.3, 0.4) is 0 Å². The van der Waals surface area contributed by atoms with Gasteiger partial charge in [0.05, 0.1) is 0 Å². The first kappa shape index (κ1) is 31.8. The molecule has 3 nitrogen and oxygen atoms in total. The minimum absolute atomic E-state index is 0. The van der Waals surface area contributed by atoms with E-state index in [1.165, 1.54) is 18.4 Å². The molecular formula is C20H41HfN3. The van der Waals surface area contributed by atoms with Crippen LogP contribution in [0.1, 0.15) is 60.5 Å². The summed E-state index contributed by atoms with van der Waals surface area (Å²) in [6.07, 6.45) is 2.48. The molecule has 1 aromatic carbocycles. The Morgan fingerprint density at radius 3 is 1.04 bits per heavy atom. The molecule has 0 aliphatic rings. The molecule has 0 unspecified atom stereocenters. The monoisotopic (exact) mass is 503 g/mol. The second kappa shape index (κ2) is 34.4. The van der Waals surface area contributed by atoms with Crippen molar-refractivity contribution < 1.29 is 25.8 Å². The van der Waals surface area contributed by atoms with Crippen LogP contribution in [0.2, 0.25) is 0 Å². The van der Waals surface area contributed by atoms with Gasteiger partial charge in [-0.25, -0.2) is 12.1 Å². The Morgan fingerprint density at radius 1 is 0.583 bits per heavy atom. The summed E-state index contributed by atoms with van der Waals surface area (Å²) in [6, 6.07) is 8.52. The fourth-order valence-electron chi connectivity index (χ4n) is 1.54. The minimum atomic E-state index is 0. The Morgan fingerprint density at radius 2 is 0.875 bits per heavy atom. The van der Waals surface area contributed by atoms with Crippen LogP contribution in [0, 0.1) is 0 Å². The van der Waals surface area contributed by atoms with Crippen molar-refractivity contribution in [2.24, 2.45) is 0 Å². The van der Waals surface area contributed by atoms with Crippen LogP contribution >= 0.6 is 0 Å². The molecule has 0 aromatic heterocycles. The number of hydrogen-bond donors (Lipinski definition) is 0. The summed E-state index contributed by atoms with van der Waals surface area (Å²) >= 11 is 0. The Bertz CT molecular complexity index is 231. The van der Waals surface area contributed by atoms with Crippen molar-refractivity contribution >= 4 is 0 Å². The number of nitrogens with zero attached hydrogens (tertiary/aromatic N) is 3. The van der Waals surface area contributed by atoms with Crippen molar-refractivity contribution in [3.63, 3.8) is 0 Å². The molecule has 0 saturated carbocycles. The van der Waals surface area contributed by atoms with Crippen molar-refractivity contribution in [1.29, 1.82) is 0 Å². The fourth-order valence-corrected chi connectivity index (χ4v) is 1.54. The van der Waals surface area contributed by atoms with Gasteiger partial charge < -0.3 is 16.0 Å². The molecule has 0 amide bonds. The molecule has 0 bridgehead atoms. The van der Waals surface area contributed by atoms with Crippen LogP contribution < -0.4 is 0 Å². The third-order valence-corrected chi connectivity index (χ3v) is 2.61. The predicted molar refractivity (Wildman–Crippen MR) is 109 cm³/mol. The fraction of sp³-hybridized carbons (Fsp3) is 0.750. The summed E-state index contributed by atoms with van der Waals surface area (Å²) in [5, 5.41) is 11.9. The van der Waals surface area contributed by atoms with Crippen LogP contribution in [-0.4, -0.2) is 39.3 Å². The molecule has 4 heteroatoms. The van der Waals surface area contributed by atoms with E-state index in [0.29, 0.717) is 0 Å². The summed E-state index contributed by atoms with van der Waals surface area (Å²) in [5.41, 5.74) is 1.47. The van der Waals surface area contributed by atoms with Gasteiger partial charge in [0.1, 0.15) is 0 Å². The van der Waals surface area contributed by atoms with Crippen molar-refractivity contribution in [3.05, 3.63) is 45.8 Å². The molecule has 0 aliphatic carbocycles. The summed E-state index contributed by atoms with van der Waals surface area (Å²) in [6.45, 7) is 20.3. The van der Waals surface area contributed by atoms with Crippen molar-refractivity contribution in [1.82, 2.24) is 0 Å². The smallest absolute Gasteiger partial charge is 0.663 e. The van der Waals surface area contributed by atoms with Crippen LogP contribution in [-0.2, 0) is 32.3 Å². The first-order valence-corrected chi connectivity index (χ1v) is 9.28. The van der Waals surface area contributed by atoms with E-state index in [1.54, 1.807) is 0 Å². The van der Waals surface area contributed by atoms with Crippen LogP contribution in [0.25, 0.3) is 16.0 Å². The van der Waals surface area contributed by atoms with Gasteiger partial charge >= 0.3 is 25.8 Å². The quantitative estimate of drug-likeness (QED) is 0.286. The maximum atomic E-state index is 3.97. The van der Waals surface area contributed by atoms with E-state index in [1.807, 2.05) is 41.5 Å². The van der Waals surface area contributed by atoms with E-state index < -0.39 is 0 Å². The maximum absolute atomic E-state index is 3.97. The maximum Gasteiger partial charge on any atom is 4.00 e. The van der Waals surface area contributed by atoms with Crippen molar-refractivity contribution in [2.75, 3.05) is 39.3 Å². The van der Waals surface area contributed by atoms with Gasteiger partial charge in [-0.1, -0.05) is 61.3 Å². The van der Waals surface area contributed by atoms with E-state index in [-0.39, 0.29) is 25.8 Å². The average molecular weight is 502 g/mol. The Hall–Kier alpha value is 0.100. The van der Waals surface area contributed by atoms with E-state index in [4.69, 9.17) is 0 Å². The van der Waals surface area contributed by atoms with E-state index >= 15 is 0 Å². The van der Waals surface area contributed by atoms with Crippen LogP contribution in [0.4, 0.5) is 0 Å². The molecule has 0 aliphatic heterocycles. The molecule has 24 heavy (non-hydrogen) atoms. The predicted octanol–water partition coefficient (Wildman–Crippen LogP) is 6.56. The van der Waals surface area contributed by atoms with Gasteiger partial charge in [0.2, 0.25) is 0 Å². The largest absolute Gasteiger partial charge is 4.00 e. The first-order chi connectivity index (χ1) is 11.2. The molecular weight excluding hydrogens is 461 g/mol. The van der Waals surface area contributed by atoms with Gasteiger partial charge in [-0.05, 0) is 0 Å². The molecule has 0 radical (unpaired) electrons. The van der Waals surface area contributed by atoms with Gasteiger partial charge in [0.15, 0.2) is 0 Å². The third-order valence-electron chi connectivity index (χ3n) is 2.61. The molecule has 0 atom stereocenters. The molecule has 0 spiro atoms. The van der Waals surface area contributed by atoms with E-state index in [9.17, 15) is 0 Å². The zero-order valence-corrected chi connectivity index (χ0v) is 20.9. The second-order valence-electron chi connectivity index (χ2n) is 4.61. The molecule has 0 N–H and O–H groups in total. The second-order valence-corrected chi connectivity index (χ2v) is 4.61. The molecule has 140 valence electrons. The van der Waals surface area contributed by atoms with Gasteiger partial charge in [-0.15, -0.1) is 0 Å². The Labute approximate surface area is 171 Å². The average Bonchev–Trinajstić information content (AvgIpc) is 3.05. The first-order valence-electron chi connectivity index (χ1n) is 9.28. The van der Waals surface area contributed by atoms with Crippen molar-refractivity contribution in [3.8, 4) is 0 Å².